The van der Waals surface area contributed by atoms with Crippen molar-refractivity contribution in [3.63, 3.8) is 0 Å². The minimum absolute atomic E-state index is 0.0439. The fraction of sp³-hybridized carbons (Fsp3) is 0.512. The topological polar surface area (TPSA) is 328 Å². The Kier molecular flexibility index (Phi) is 18.7. The van der Waals surface area contributed by atoms with Crippen LogP contribution in [0.3, 0.4) is 0 Å². The maximum atomic E-state index is 14.2. The Balaban J connectivity index is 1.90. The molecule has 10 unspecified atom stereocenters. The van der Waals surface area contributed by atoms with Gasteiger partial charge in [0.25, 0.3) is 5.69 Å². The largest absolute Gasteiger partial charge is 0.507 e. The second kappa shape index (κ2) is 23.9. The first-order valence-corrected chi connectivity index (χ1v) is 20.5. The molecule has 0 saturated carbocycles. The van der Waals surface area contributed by atoms with Crippen LogP contribution in [-0.2, 0) is 92.1 Å². The summed E-state index contributed by atoms with van der Waals surface area (Å²) in [5.74, 6) is -10.1. The number of non-ortho nitro benzene ring substituents is 1. The summed E-state index contributed by atoms with van der Waals surface area (Å²) < 4.78 is 67.4. The minimum Gasteiger partial charge on any atom is -0.507 e. The number of carbonyl (C=O) groups is 9. The molecule has 2 heterocycles. The highest BCUT2D eigenvalue weighted by Crippen LogP contribution is 2.40. The van der Waals surface area contributed by atoms with E-state index in [-0.39, 0.29) is 18.5 Å². The number of ether oxygens (including phenoxy) is 12. The number of phenolic OH excluding ortho intramolecular Hbond substituents is 1. The highest BCUT2D eigenvalue weighted by molar-refractivity contribution is 6.01. The van der Waals surface area contributed by atoms with Crippen LogP contribution in [0.15, 0.2) is 36.4 Å². The van der Waals surface area contributed by atoms with Crippen molar-refractivity contribution in [3.8, 4) is 17.2 Å². The molecule has 0 aliphatic carbocycles. The number of esters is 8. The molecule has 10 atom stereocenters. The average molecular weight is 964 g/mol. The lowest BCUT2D eigenvalue weighted by atomic mass is 9.97. The SMILES string of the molecule is CC(=O)OCC1OC(Oc2cc(O)c(C(=O)CCc3ccc([N+](=O)[O-])cc3)c(OC3OC(COC(C)=O)C(OC(C)=O)C(OC(C)=O)C3OC(C)=O)c2)C(OC(C)=O)C(OC(C)=O)C1OC(C)=O. The second-order valence-corrected chi connectivity index (χ2v) is 15.0. The van der Waals surface area contributed by atoms with Gasteiger partial charge in [-0.3, -0.25) is 53.3 Å². The number of Topliss-reactive ketones (excluding diaryl/α,β-unsaturated/α-hetero) is 1. The monoisotopic (exact) mass is 963 g/mol. The summed E-state index contributed by atoms with van der Waals surface area (Å²) in [5.41, 5.74) is -0.326. The van der Waals surface area contributed by atoms with Crippen LogP contribution < -0.4 is 9.47 Å². The van der Waals surface area contributed by atoms with Crippen LogP contribution in [0, 0.1) is 10.1 Å². The van der Waals surface area contributed by atoms with Crippen molar-refractivity contribution in [2.75, 3.05) is 13.2 Å². The molecule has 0 amide bonds. The van der Waals surface area contributed by atoms with Crippen LogP contribution >= 0.6 is 0 Å². The summed E-state index contributed by atoms with van der Waals surface area (Å²) in [6.45, 7) is 6.76. The number of aryl methyl sites for hydroxylation is 1. The van der Waals surface area contributed by atoms with Gasteiger partial charge in [-0.1, -0.05) is 12.1 Å². The molecule has 0 bridgehead atoms. The molecule has 0 radical (unpaired) electrons. The van der Waals surface area contributed by atoms with Crippen LogP contribution in [0.25, 0.3) is 0 Å². The van der Waals surface area contributed by atoms with Crippen LogP contribution in [0.1, 0.15) is 77.7 Å². The van der Waals surface area contributed by atoms with Gasteiger partial charge in [0.1, 0.15) is 48.2 Å². The third-order valence-electron chi connectivity index (χ3n) is 9.51. The summed E-state index contributed by atoms with van der Waals surface area (Å²) in [4.78, 5) is 123. The van der Waals surface area contributed by atoms with Crippen LogP contribution in [0.2, 0.25) is 0 Å². The first-order chi connectivity index (χ1) is 31.9. The number of rotatable bonds is 19. The number of benzene rings is 2. The van der Waals surface area contributed by atoms with Gasteiger partial charge in [0, 0.05) is 86.1 Å². The molecule has 0 aromatic heterocycles. The van der Waals surface area contributed by atoms with Crippen molar-refractivity contribution in [3.05, 3.63) is 57.6 Å². The Hall–Kier alpha value is -7.41. The quantitative estimate of drug-likeness (QED) is 0.0692. The number of phenols is 1. The van der Waals surface area contributed by atoms with Crippen molar-refractivity contribution in [2.45, 2.75) is 130 Å². The Bertz CT molecular complexity index is 2240. The molecular weight excluding hydrogens is 914 g/mol. The van der Waals surface area contributed by atoms with Crippen molar-refractivity contribution in [1.82, 2.24) is 0 Å². The number of nitro groups is 1. The first-order valence-electron chi connectivity index (χ1n) is 20.5. The lowest BCUT2D eigenvalue weighted by Crippen LogP contribution is -2.63. The van der Waals surface area contributed by atoms with Crippen molar-refractivity contribution >= 4 is 59.2 Å². The zero-order valence-electron chi connectivity index (χ0n) is 37.9. The molecule has 2 fully saturated rings. The molecular formula is C43H49NO24. The third kappa shape index (κ3) is 15.1. The first kappa shape index (κ1) is 53.2. The number of hydrogen-bond donors (Lipinski definition) is 1. The van der Waals surface area contributed by atoms with Gasteiger partial charge >= 0.3 is 47.8 Å². The average Bonchev–Trinajstić information content (AvgIpc) is 3.22. The molecule has 0 spiro atoms. The lowest BCUT2D eigenvalue weighted by Gasteiger charge is -2.44. The fourth-order valence-corrected chi connectivity index (χ4v) is 7.01. The van der Waals surface area contributed by atoms with Crippen LogP contribution in [0.5, 0.6) is 17.2 Å². The predicted octanol–water partition coefficient (Wildman–Crippen LogP) is 2.04. The van der Waals surface area contributed by atoms with Crippen molar-refractivity contribution in [2.24, 2.45) is 0 Å². The molecule has 4 rings (SSSR count). The summed E-state index contributed by atoms with van der Waals surface area (Å²) in [6.07, 6.45) is -17.5. The Morgan fingerprint density at radius 3 is 1.35 bits per heavy atom. The fourth-order valence-electron chi connectivity index (χ4n) is 7.01. The molecule has 1 N–H and O–H groups in total. The van der Waals surface area contributed by atoms with Crippen molar-refractivity contribution in [1.29, 1.82) is 0 Å². The number of ketones is 1. The summed E-state index contributed by atoms with van der Waals surface area (Å²) in [7, 11) is 0. The van der Waals surface area contributed by atoms with Gasteiger partial charge in [0.05, 0.1) is 4.92 Å². The molecule has 2 aromatic rings. The van der Waals surface area contributed by atoms with E-state index in [2.05, 4.69) is 0 Å². The molecule has 25 nitrogen and oxygen atoms in total. The van der Waals surface area contributed by atoms with Gasteiger partial charge in [-0.2, -0.15) is 0 Å². The van der Waals surface area contributed by atoms with E-state index in [0.717, 1.165) is 67.5 Å². The highest BCUT2D eigenvalue weighted by atomic mass is 16.8. The Morgan fingerprint density at radius 2 is 0.956 bits per heavy atom. The van der Waals surface area contributed by atoms with Crippen LogP contribution in [-0.4, -0.2) is 138 Å². The zero-order valence-corrected chi connectivity index (χ0v) is 37.9. The van der Waals surface area contributed by atoms with Gasteiger partial charge in [0.15, 0.2) is 30.2 Å². The maximum Gasteiger partial charge on any atom is 0.303 e. The number of aromatic hydroxyl groups is 1. The normalized spacial score (nSPS) is 24.1. The number of hydrogen-bond acceptors (Lipinski definition) is 24. The van der Waals surface area contributed by atoms with Gasteiger partial charge in [-0.05, 0) is 12.0 Å². The molecule has 370 valence electrons. The maximum absolute atomic E-state index is 14.2. The van der Waals surface area contributed by atoms with Gasteiger partial charge in [-0.15, -0.1) is 0 Å². The summed E-state index contributed by atoms with van der Waals surface area (Å²) >= 11 is 0. The molecule has 68 heavy (non-hydrogen) atoms. The minimum atomic E-state index is -1.97. The molecule has 2 saturated heterocycles. The van der Waals surface area contributed by atoms with Gasteiger partial charge < -0.3 is 61.9 Å². The third-order valence-corrected chi connectivity index (χ3v) is 9.51. The van der Waals surface area contributed by atoms with Crippen molar-refractivity contribution < 1.29 is 110 Å². The molecule has 2 aromatic carbocycles. The summed E-state index contributed by atoms with van der Waals surface area (Å²) in [6, 6.07) is 7.14. The highest BCUT2D eigenvalue weighted by Gasteiger charge is 2.55. The molecule has 2 aliphatic rings. The van der Waals surface area contributed by atoms with Gasteiger partial charge in [0.2, 0.25) is 24.8 Å². The van der Waals surface area contributed by atoms with E-state index in [1.165, 1.54) is 24.3 Å². The van der Waals surface area contributed by atoms with E-state index >= 15 is 0 Å². The van der Waals surface area contributed by atoms with E-state index in [1.807, 2.05) is 0 Å². The second-order valence-electron chi connectivity index (χ2n) is 15.0. The number of carbonyl (C=O) groups excluding carboxylic acids is 9. The lowest BCUT2D eigenvalue weighted by molar-refractivity contribution is -0.384. The van der Waals surface area contributed by atoms with Gasteiger partial charge in [-0.25, -0.2) is 0 Å². The summed E-state index contributed by atoms with van der Waals surface area (Å²) in [5, 5.41) is 22.9. The van der Waals surface area contributed by atoms with E-state index in [4.69, 9.17) is 56.8 Å². The van der Waals surface area contributed by atoms with E-state index < -0.39 is 156 Å². The Labute approximate surface area is 386 Å². The standard InChI is InChI=1S/C43H49NO24/c1-19(45)57-17-33-36(59-21(3)47)38(61-23(5)49)40(63-25(7)51)42(67-33)65-29-15-31(54)35(30(53)14-11-27-9-12-28(13-10-27)44(55)56)32(16-29)66-43-41(64-26(8)52)39(62-24(6)50)37(60-22(4)48)34(68-43)18-58-20(2)46/h9-10,12-13,15-16,33-34,36-43,54H,11,14,17-18H2,1-8H3. The number of nitro benzene ring substituents is 1. The zero-order chi connectivity index (χ0) is 50.6. The molecule has 25 heteroatoms. The number of nitrogens with zero attached hydrogens (tertiary/aromatic N) is 1. The smallest absolute Gasteiger partial charge is 0.303 e. The van der Waals surface area contributed by atoms with E-state index in [9.17, 15) is 58.4 Å². The van der Waals surface area contributed by atoms with E-state index in [0.29, 0.717) is 5.56 Å². The van der Waals surface area contributed by atoms with Crippen LogP contribution in [0.4, 0.5) is 5.69 Å². The predicted molar refractivity (Wildman–Crippen MR) is 219 cm³/mol. The van der Waals surface area contributed by atoms with E-state index in [1.54, 1.807) is 0 Å². The Morgan fingerprint density at radius 1 is 0.559 bits per heavy atom. The molecule has 2 aliphatic heterocycles.